The number of aliphatic hydroxyl groups is 2. The Morgan fingerprint density at radius 2 is 1.70 bits per heavy atom. The number of fused-ring (bicyclic) bond motifs is 2. The molecule has 206 valence electrons. The third-order valence-electron chi connectivity index (χ3n) is 13.4. The minimum absolute atomic E-state index is 0.0117. The summed E-state index contributed by atoms with van der Waals surface area (Å²) in [6, 6.07) is 0. The van der Waals surface area contributed by atoms with Gasteiger partial charge in [0.25, 0.3) is 0 Å². The number of ketones is 1. The van der Waals surface area contributed by atoms with Crippen molar-refractivity contribution < 1.29 is 29.3 Å². The normalized spacial score (nSPS) is 50.5. The quantitative estimate of drug-likeness (QED) is 0.291. The zero-order valence-corrected chi connectivity index (χ0v) is 23.3. The first-order valence-electron chi connectivity index (χ1n) is 14.4. The molecule has 0 unspecified atom stereocenters. The lowest BCUT2D eigenvalue weighted by molar-refractivity contribution is -0.212. The molecule has 6 nitrogen and oxygen atoms in total. The second-order valence-electron chi connectivity index (χ2n) is 14.1. The minimum Gasteiger partial charge on any atom is -0.469 e. The summed E-state index contributed by atoms with van der Waals surface area (Å²) >= 11 is 0. The molecule has 5 fully saturated rings. The molecule has 11 atom stereocenters. The van der Waals surface area contributed by atoms with Crippen LogP contribution in [0.5, 0.6) is 0 Å². The van der Waals surface area contributed by atoms with Crippen molar-refractivity contribution in [2.45, 2.75) is 104 Å². The Labute approximate surface area is 221 Å². The molecule has 2 spiro atoms. The number of aliphatic hydroxyl groups excluding tert-OH is 2. The summed E-state index contributed by atoms with van der Waals surface area (Å²) in [6.45, 7) is 12.2. The van der Waals surface area contributed by atoms with Crippen LogP contribution in [0.1, 0.15) is 91.9 Å². The van der Waals surface area contributed by atoms with E-state index in [1.165, 1.54) is 7.11 Å². The van der Waals surface area contributed by atoms with Gasteiger partial charge in [-0.05, 0) is 105 Å². The Bertz CT molecular complexity index is 1020. The van der Waals surface area contributed by atoms with E-state index in [1.807, 2.05) is 6.92 Å². The largest absolute Gasteiger partial charge is 0.469 e. The first-order chi connectivity index (χ1) is 17.3. The van der Waals surface area contributed by atoms with E-state index in [2.05, 4.69) is 20.4 Å². The number of aldehydes is 1. The van der Waals surface area contributed by atoms with Crippen LogP contribution in [0.3, 0.4) is 0 Å². The number of esters is 1. The highest BCUT2D eigenvalue weighted by atomic mass is 16.5. The van der Waals surface area contributed by atoms with E-state index in [0.29, 0.717) is 24.3 Å². The number of allylic oxidation sites excluding steroid dienone is 1. The molecule has 2 N–H and O–H groups in total. The molecule has 0 saturated heterocycles. The SMILES string of the molecule is C=C(C)C(=O)CC[C@@H](C=O)[C@H]1CC[C@@]2(C)[C@@H]3CC[C@H]4[C@](C)(C(=O)OC)[C@@H](O)C[C@H](O)[C@@]45C[C@@]35CC[C@]12C. The lowest BCUT2D eigenvalue weighted by atomic mass is 9.41. The third-order valence-corrected chi connectivity index (χ3v) is 13.4. The highest BCUT2D eigenvalue weighted by Gasteiger charge is 2.85. The molecule has 5 aliphatic carbocycles. The van der Waals surface area contributed by atoms with Gasteiger partial charge >= 0.3 is 5.97 Å². The summed E-state index contributed by atoms with van der Waals surface area (Å²) < 4.78 is 5.21. The van der Waals surface area contributed by atoms with E-state index >= 15 is 0 Å². The lowest BCUT2D eigenvalue weighted by Gasteiger charge is -2.63. The van der Waals surface area contributed by atoms with Gasteiger partial charge in [0.2, 0.25) is 0 Å². The average molecular weight is 515 g/mol. The molecule has 0 aromatic carbocycles. The first-order valence-corrected chi connectivity index (χ1v) is 14.4. The summed E-state index contributed by atoms with van der Waals surface area (Å²) in [4.78, 5) is 37.7. The van der Waals surface area contributed by atoms with Crippen LogP contribution in [0.4, 0.5) is 0 Å². The fourth-order valence-corrected chi connectivity index (χ4v) is 11.2. The number of carbonyl (C=O) groups excluding carboxylic acids is 3. The Morgan fingerprint density at radius 1 is 1.03 bits per heavy atom. The van der Waals surface area contributed by atoms with Crippen LogP contribution < -0.4 is 0 Å². The van der Waals surface area contributed by atoms with Crippen LogP contribution in [0.15, 0.2) is 12.2 Å². The molecule has 5 rings (SSSR count). The van der Waals surface area contributed by atoms with Crippen LogP contribution >= 0.6 is 0 Å². The van der Waals surface area contributed by atoms with Crippen molar-refractivity contribution in [3.8, 4) is 0 Å². The van der Waals surface area contributed by atoms with Crippen molar-refractivity contribution in [1.29, 1.82) is 0 Å². The van der Waals surface area contributed by atoms with Crippen LogP contribution in [0.2, 0.25) is 0 Å². The third kappa shape index (κ3) is 3.15. The van der Waals surface area contributed by atoms with Gasteiger partial charge < -0.3 is 19.7 Å². The van der Waals surface area contributed by atoms with E-state index in [0.717, 1.165) is 51.2 Å². The molecule has 0 aromatic rings. The highest BCUT2D eigenvalue weighted by Crippen LogP contribution is 2.89. The van der Waals surface area contributed by atoms with Gasteiger partial charge in [0.15, 0.2) is 5.78 Å². The number of methoxy groups -OCH3 is 1. The maximum atomic E-state index is 13.1. The molecular formula is C31H46O6. The fourth-order valence-electron chi connectivity index (χ4n) is 11.2. The van der Waals surface area contributed by atoms with Gasteiger partial charge in [-0.15, -0.1) is 0 Å². The van der Waals surface area contributed by atoms with Gasteiger partial charge in [0, 0.05) is 24.2 Å². The van der Waals surface area contributed by atoms with Gasteiger partial charge in [-0.1, -0.05) is 20.4 Å². The molecule has 5 aliphatic rings. The summed E-state index contributed by atoms with van der Waals surface area (Å²) in [5, 5.41) is 22.6. The smallest absolute Gasteiger partial charge is 0.314 e. The summed E-state index contributed by atoms with van der Waals surface area (Å²) in [7, 11) is 1.39. The maximum absolute atomic E-state index is 13.1. The predicted octanol–water partition coefficient (Wildman–Crippen LogP) is 4.65. The summed E-state index contributed by atoms with van der Waals surface area (Å²) in [5.41, 5.74) is -0.804. The van der Waals surface area contributed by atoms with Crippen molar-refractivity contribution in [2.24, 2.45) is 50.7 Å². The zero-order valence-electron chi connectivity index (χ0n) is 23.3. The first kappa shape index (κ1) is 27.1. The average Bonchev–Trinajstić information content (AvgIpc) is 3.48. The summed E-state index contributed by atoms with van der Waals surface area (Å²) in [5.74, 6) is 0.117. The van der Waals surface area contributed by atoms with Gasteiger partial charge in [0.1, 0.15) is 6.29 Å². The van der Waals surface area contributed by atoms with Crippen molar-refractivity contribution in [3.05, 3.63) is 12.2 Å². The number of carbonyl (C=O) groups is 3. The summed E-state index contributed by atoms with van der Waals surface area (Å²) in [6.07, 6.45) is 7.44. The molecule has 6 heteroatoms. The molecule has 0 radical (unpaired) electrons. The Morgan fingerprint density at radius 3 is 2.32 bits per heavy atom. The van der Waals surface area contributed by atoms with Crippen LogP contribution in [-0.4, -0.2) is 47.6 Å². The standard InChI is InChI=1S/C31H46O6/c1-18(2)21(33)8-7-19(16-32)20-11-12-28(4)22-9-10-23-29(5,26(36)37-6)24(34)15-25(35)31(23)17-30(22,31)14-13-27(20,28)3/h16,19-20,22-25,34-35H,1,7-15,17H2,2-6H3/t19-,20+,22-,23-,24-,25-,27+,28-,29-,30-,31+/m0/s1. The van der Waals surface area contributed by atoms with Gasteiger partial charge in [0.05, 0.1) is 24.7 Å². The number of Topliss-reactive ketones (excluding diaryl/α,β-unsaturated/α-hetero) is 1. The van der Waals surface area contributed by atoms with Gasteiger partial charge in [-0.2, -0.15) is 0 Å². The molecule has 0 aromatic heterocycles. The minimum atomic E-state index is -0.999. The topological polar surface area (TPSA) is 101 Å². The molecular weight excluding hydrogens is 468 g/mol. The van der Waals surface area contributed by atoms with E-state index in [-0.39, 0.29) is 57.6 Å². The molecule has 0 aliphatic heterocycles. The van der Waals surface area contributed by atoms with E-state index in [4.69, 9.17) is 4.74 Å². The van der Waals surface area contributed by atoms with Crippen molar-refractivity contribution in [2.75, 3.05) is 7.11 Å². The second kappa shape index (κ2) is 8.48. The van der Waals surface area contributed by atoms with Crippen molar-refractivity contribution in [1.82, 2.24) is 0 Å². The van der Waals surface area contributed by atoms with Gasteiger partial charge in [-0.25, -0.2) is 0 Å². The van der Waals surface area contributed by atoms with Crippen molar-refractivity contribution in [3.63, 3.8) is 0 Å². The lowest BCUT2D eigenvalue weighted by Crippen LogP contribution is -2.63. The molecule has 5 saturated carbocycles. The molecule has 37 heavy (non-hydrogen) atoms. The number of hydrogen-bond acceptors (Lipinski definition) is 6. The molecule has 0 bridgehead atoms. The Balaban J connectivity index is 1.46. The maximum Gasteiger partial charge on any atom is 0.314 e. The fraction of sp³-hybridized carbons (Fsp3) is 0.839. The second-order valence-corrected chi connectivity index (χ2v) is 14.1. The van der Waals surface area contributed by atoms with E-state index in [1.54, 1.807) is 6.92 Å². The van der Waals surface area contributed by atoms with Crippen LogP contribution in [-0.2, 0) is 19.1 Å². The number of ether oxygens (including phenoxy) is 1. The monoisotopic (exact) mass is 514 g/mol. The molecule has 0 amide bonds. The Hall–Kier alpha value is -1.53. The number of rotatable bonds is 7. The van der Waals surface area contributed by atoms with E-state index < -0.39 is 17.6 Å². The molecule has 0 heterocycles. The van der Waals surface area contributed by atoms with Crippen LogP contribution in [0, 0.1) is 50.7 Å². The Kier molecular flexibility index (Phi) is 6.20. The van der Waals surface area contributed by atoms with Crippen molar-refractivity contribution >= 4 is 18.0 Å². The van der Waals surface area contributed by atoms with Gasteiger partial charge in [-0.3, -0.25) is 9.59 Å². The zero-order chi connectivity index (χ0) is 27.2. The highest BCUT2D eigenvalue weighted by molar-refractivity contribution is 5.94. The number of hydrogen-bond donors (Lipinski definition) is 2. The van der Waals surface area contributed by atoms with Crippen LogP contribution in [0.25, 0.3) is 0 Å². The van der Waals surface area contributed by atoms with E-state index in [9.17, 15) is 24.6 Å². The predicted molar refractivity (Wildman–Crippen MR) is 139 cm³/mol.